The molecule has 0 unspecified atom stereocenters. The van der Waals surface area contributed by atoms with Crippen molar-refractivity contribution in [1.29, 1.82) is 0 Å². The molecule has 0 amide bonds. The van der Waals surface area contributed by atoms with E-state index < -0.39 is 30.6 Å². The van der Waals surface area contributed by atoms with Crippen molar-refractivity contribution in [1.82, 2.24) is 0 Å². The van der Waals surface area contributed by atoms with E-state index >= 15 is 0 Å². The Morgan fingerprint density at radius 1 is 1.38 bits per heavy atom. The molecule has 0 aliphatic carbocycles. The zero-order chi connectivity index (χ0) is 10.0. The van der Waals surface area contributed by atoms with E-state index in [4.69, 9.17) is 20.3 Å². The Labute approximate surface area is 75.9 Å². The average Bonchev–Trinajstić information content (AvgIpc) is 2.15. The van der Waals surface area contributed by atoms with Gasteiger partial charge in [0.05, 0.1) is 12.6 Å². The minimum Gasteiger partial charge on any atom is -0.394 e. The summed E-state index contributed by atoms with van der Waals surface area (Å²) in [4.78, 5) is 0. The fourth-order valence-electron chi connectivity index (χ4n) is 1.31. The number of nitrogens with two attached hydrogens (primary N) is 1. The number of hydrogen-bond donors (Lipinski definition) is 4. The maximum atomic E-state index is 9.40. The van der Waals surface area contributed by atoms with Gasteiger partial charge in [-0.3, -0.25) is 0 Å². The topological polar surface area (TPSA) is 105 Å². The fourth-order valence-corrected chi connectivity index (χ4v) is 1.31. The molecule has 0 spiro atoms. The van der Waals surface area contributed by atoms with Crippen molar-refractivity contribution in [3.05, 3.63) is 0 Å². The van der Waals surface area contributed by atoms with Gasteiger partial charge in [-0.15, -0.1) is 0 Å². The third kappa shape index (κ3) is 1.98. The van der Waals surface area contributed by atoms with Crippen molar-refractivity contribution in [2.45, 2.75) is 30.6 Å². The summed E-state index contributed by atoms with van der Waals surface area (Å²) in [6.07, 6.45) is -3.85. The van der Waals surface area contributed by atoms with E-state index in [0.29, 0.717) is 0 Å². The molecule has 0 saturated carbocycles. The molecule has 13 heavy (non-hydrogen) atoms. The number of ether oxygens (including phenoxy) is 2. The number of hydrogen-bond acceptors (Lipinski definition) is 6. The van der Waals surface area contributed by atoms with E-state index in [0.717, 1.165) is 0 Å². The maximum absolute atomic E-state index is 9.40. The third-order valence-electron chi connectivity index (χ3n) is 2.17. The Hall–Kier alpha value is -0.240. The summed E-state index contributed by atoms with van der Waals surface area (Å²) in [5.74, 6) is 0. The molecule has 0 aromatic rings. The molecule has 6 heteroatoms. The van der Waals surface area contributed by atoms with Gasteiger partial charge in [0.15, 0.2) is 6.29 Å². The maximum Gasteiger partial charge on any atom is 0.185 e. The summed E-state index contributed by atoms with van der Waals surface area (Å²) in [5.41, 5.74) is 5.48. The molecule has 1 aliphatic rings. The van der Waals surface area contributed by atoms with E-state index in [1.54, 1.807) is 0 Å². The van der Waals surface area contributed by atoms with Gasteiger partial charge in [-0.2, -0.15) is 0 Å². The summed E-state index contributed by atoms with van der Waals surface area (Å²) >= 11 is 0. The highest BCUT2D eigenvalue weighted by molar-refractivity contribution is 4.91. The first-order valence-corrected chi connectivity index (χ1v) is 4.02. The molecule has 5 N–H and O–H groups in total. The van der Waals surface area contributed by atoms with Gasteiger partial charge < -0.3 is 30.5 Å². The van der Waals surface area contributed by atoms with E-state index in [-0.39, 0.29) is 6.61 Å². The van der Waals surface area contributed by atoms with E-state index in [2.05, 4.69) is 0 Å². The lowest BCUT2D eigenvalue weighted by molar-refractivity contribution is -0.267. The predicted octanol–water partition coefficient (Wildman–Crippen LogP) is -2.60. The predicted molar refractivity (Wildman–Crippen MR) is 42.7 cm³/mol. The smallest absolute Gasteiger partial charge is 0.185 e. The summed E-state index contributed by atoms with van der Waals surface area (Å²) in [6, 6.07) is -0.865. The Morgan fingerprint density at radius 2 is 2.00 bits per heavy atom. The molecule has 78 valence electrons. The molecule has 1 rings (SSSR count). The van der Waals surface area contributed by atoms with Gasteiger partial charge in [0.25, 0.3) is 0 Å². The second kappa shape index (κ2) is 4.32. The van der Waals surface area contributed by atoms with Gasteiger partial charge in [-0.25, -0.2) is 0 Å². The van der Waals surface area contributed by atoms with Crippen LogP contribution in [0, 0.1) is 0 Å². The second-order valence-electron chi connectivity index (χ2n) is 3.02. The van der Waals surface area contributed by atoms with Crippen LogP contribution < -0.4 is 5.73 Å². The van der Waals surface area contributed by atoms with Crippen LogP contribution in [-0.4, -0.2) is 59.7 Å². The van der Waals surface area contributed by atoms with Crippen LogP contribution in [0.25, 0.3) is 0 Å². The van der Waals surface area contributed by atoms with Crippen molar-refractivity contribution in [2.75, 3.05) is 13.7 Å². The van der Waals surface area contributed by atoms with E-state index in [1.807, 2.05) is 0 Å². The van der Waals surface area contributed by atoms with Gasteiger partial charge in [0, 0.05) is 7.11 Å². The van der Waals surface area contributed by atoms with Crippen LogP contribution in [0.5, 0.6) is 0 Å². The summed E-state index contributed by atoms with van der Waals surface area (Å²) in [7, 11) is 1.35. The van der Waals surface area contributed by atoms with Crippen LogP contribution in [0.1, 0.15) is 0 Å². The van der Waals surface area contributed by atoms with Crippen LogP contribution in [0.3, 0.4) is 0 Å². The van der Waals surface area contributed by atoms with Gasteiger partial charge >= 0.3 is 0 Å². The zero-order valence-corrected chi connectivity index (χ0v) is 7.33. The Balaban J connectivity index is 2.66. The highest BCUT2D eigenvalue weighted by atomic mass is 16.7. The molecule has 1 aliphatic heterocycles. The SMILES string of the molecule is CO[C@H]1O[C@H](CO)[C@@H](O)[C@@H](N)[C@@H]1O. The van der Waals surface area contributed by atoms with Crippen LogP contribution >= 0.6 is 0 Å². The lowest BCUT2D eigenvalue weighted by Gasteiger charge is -2.39. The molecule has 0 bridgehead atoms. The molecule has 0 aromatic heterocycles. The molecule has 1 saturated heterocycles. The van der Waals surface area contributed by atoms with E-state index in [1.165, 1.54) is 7.11 Å². The monoisotopic (exact) mass is 193 g/mol. The largest absolute Gasteiger partial charge is 0.394 e. The molecular weight excluding hydrogens is 178 g/mol. The number of aliphatic hydroxyl groups is 3. The molecule has 1 fully saturated rings. The van der Waals surface area contributed by atoms with Crippen molar-refractivity contribution in [3.63, 3.8) is 0 Å². The standard InChI is InChI=1S/C7H15NO5/c1-12-7-6(11)4(8)5(10)3(2-9)13-7/h3-7,9-11H,2,8H2,1H3/t3-,4-,5-,6+,7+/m1/s1. The molecule has 1 heterocycles. The van der Waals surface area contributed by atoms with Crippen molar-refractivity contribution >= 4 is 0 Å². The van der Waals surface area contributed by atoms with Crippen LogP contribution in [-0.2, 0) is 9.47 Å². The lowest BCUT2D eigenvalue weighted by atomic mass is 9.97. The minimum absolute atomic E-state index is 0.360. The number of methoxy groups -OCH3 is 1. The van der Waals surface area contributed by atoms with Crippen LogP contribution in [0.4, 0.5) is 0 Å². The molecule has 6 nitrogen and oxygen atoms in total. The summed E-state index contributed by atoms with van der Waals surface area (Å²) in [6.45, 7) is -0.360. The average molecular weight is 193 g/mol. The summed E-state index contributed by atoms with van der Waals surface area (Å²) in [5, 5.41) is 27.6. The van der Waals surface area contributed by atoms with Crippen molar-refractivity contribution < 1.29 is 24.8 Å². The first kappa shape index (κ1) is 10.8. The molecular formula is C7H15NO5. The minimum atomic E-state index is -1.08. The summed E-state index contributed by atoms with van der Waals surface area (Å²) < 4.78 is 9.81. The third-order valence-corrected chi connectivity index (χ3v) is 2.17. The van der Waals surface area contributed by atoms with Crippen molar-refractivity contribution in [2.24, 2.45) is 5.73 Å². The molecule has 0 radical (unpaired) electrons. The lowest BCUT2D eigenvalue weighted by Crippen LogP contribution is -2.62. The van der Waals surface area contributed by atoms with Gasteiger partial charge in [0.2, 0.25) is 0 Å². The first-order chi connectivity index (χ1) is 6.11. The van der Waals surface area contributed by atoms with Gasteiger partial charge in [-0.05, 0) is 0 Å². The highest BCUT2D eigenvalue weighted by Gasteiger charge is 2.42. The quantitative estimate of drug-likeness (QED) is 0.383. The zero-order valence-electron chi connectivity index (χ0n) is 7.33. The van der Waals surface area contributed by atoms with Gasteiger partial charge in [-0.1, -0.05) is 0 Å². The second-order valence-corrected chi connectivity index (χ2v) is 3.02. The Morgan fingerprint density at radius 3 is 2.46 bits per heavy atom. The first-order valence-electron chi connectivity index (χ1n) is 4.02. The van der Waals surface area contributed by atoms with Gasteiger partial charge in [0.1, 0.15) is 18.3 Å². The Bertz CT molecular complexity index is 147. The number of aliphatic hydroxyl groups excluding tert-OH is 3. The van der Waals surface area contributed by atoms with E-state index in [9.17, 15) is 10.2 Å². The van der Waals surface area contributed by atoms with Crippen LogP contribution in [0.2, 0.25) is 0 Å². The molecule has 0 aromatic carbocycles. The van der Waals surface area contributed by atoms with Crippen LogP contribution in [0.15, 0.2) is 0 Å². The molecule has 5 atom stereocenters. The Kier molecular flexibility index (Phi) is 3.60. The number of rotatable bonds is 2. The highest BCUT2D eigenvalue weighted by Crippen LogP contribution is 2.19. The fraction of sp³-hybridized carbons (Fsp3) is 1.00. The van der Waals surface area contributed by atoms with Crippen molar-refractivity contribution in [3.8, 4) is 0 Å². The normalized spacial score (nSPS) is 46.4.